The number of nitrogens with one attached hydrogen (secondary N) is 1. The van der Waals surface area contributed by atoms with Crippen molar-refractivity contribution in [3.63, 3.8) is 0 Å². The second kappa shape index (κ2) is 5.79. The normalized spacial score (nSPS) is 21.1. The van der Waals surface area contributed by atoms with E-state index in [4.69, 9.17) is 5.73 Å². The summed E-state index contributed by atoms with van der Waals surface area (Å²) in [5, 5.41) is 2.90. The maximum Gasteiger partial charge on any atom is 0.224 e. The van der Waals surface area contributed by atoms with E-state index in [-0.39, 0.29) is 17.9 Å². The Balaban J connectivity index is 2.40. The highest BCUT2D eigenvalue weighted by Crippen LogP contribution is 2.13. The molecular formula is C10H21N3O3S. The van der Waals surface area contributed by atoms with Crippen molar-refractivity contribution in [3.05, 3.63) is 0 Å². The van der Waals surface area contributed by atoms with E-state index in [1.54, 1.807) is 6.92 Å². The van der Waals surface area contributed by atoms with Gasteiger partial charge in [0.05, 0.1) is 6.26 Å². The molecule has 0 aromatic heterocycles. The average molecular weight is 263 g/mol. The van der Waals surface area contributed by atoms with Crippen LogP contribution in [0.15, 0.2) is 0 Å². The van der Waals surface area contributed by atoms with Crippen LogP contribution in [0, 0.1) is 5.92 Å². The minimum absolute atomic E-state index is 0.0506. The van der Waals surface area contributed by atoms with Crippen LogP contribution < -0.4 is 11.1 Å². The minimum Gasteiger partial charge on any atom is -0.353 e. The molecule has 1 aliphatic heterocycles. The zero-order valence-corrected chi connectivity index (χ0v) is 11.2. The highest BCUT2D eigenvalue weighted by Gasteiger charge is 2.26. The summed E-state index contributed by atoms with van der Waals surface area (Å²) in [6.45, 7) is 3.05. The van der Waals surface area contributed by atoms with Crippen LogP contribution in [0.25, 0.3) is 0 Å². The molecule has 1 atom stereocenters. The third-order valence-electron chi connectivity index (χ3n) is 3.07. The van der Waals surface area contributed by atoms with Gasteiger partial charge in [-0.2, -0.15) is 0 Å². The van der Waals surface area contributed by atoms with Crippen LogP contribution in [0.2, 0.25) is 0 Å². The van der Waals surface area contributed by atoms with Gasteiger partial charge in [0.2, 0.25) is 15.9 Å². The number of hydrogen-bond donors (Lipinski definition) is 2. The standard InChI is InChI=1S/C10H21N3O3S/c1-8(7-11)10(14)12-9-3-5-13(6-4-9)17(2,15)16/h8-9H,3-7,11H2,1-2H3,(H,12,14). The Bertz CT molecular complexity index is 361. The highest BCUT2D eigenvalue weighted by atomic mass is 32.2. The molecule has 1 fully saturated rings. The number of nitrogens with zero attached hydrogens (tertiary/aromatic N) is 1. The predicted molar refractivity (Wildman–Crippen MR) is 65.8 cm³/mol. The van der Waals surface area contributed by atoms with Crippen molar-refractivity contribution < 1.29 is 13.2 Å². The van der Waals surface area contributed by atoms with Gasteiger partial charge in [-0.05, 0) is 12.8 Å². The summed E-state index contributed by atoms with van der Waals surface area (Å²) >= 11 is 0. The molecule has 0 aromatic carbocycles. The van der Waals surface area contributed by atoms with E-state index in [1.165, 1.54) is 10.6 Å². The van der Waals surface area contributed by atoms with Gasteiger partial charge in [-0.1, -0.05) is 6.92 Å². The summed E-state index contributed by atoms with van der Waals surface area (Å²) in [6.07, 6.45) is 2.54. The van der Waals surface area contributed by atoms with E-state index < -0.39 is 10.0 Å². The quantitative estimate of drug-likeness (QED) is 0.689. The first-order valence-corrected chi connectivity index (χ1v) is 7.65. The number of rotatable bonds is 4. The zero-order valence-electron chi connectivity index (χ0n) is 10.3. The van der Waals surface area contributed by atoms with Crippen molar-refractivity contribution in [2.24, 2.45) is 11.7 Å². The fourth-order valence-corrected chi connectivity index (χ4v) is 2.66. The van der Waals surface area contributed by atoms with Crippen LogP contribution in [0.5, 0.6) is 0 Å². The number of nitrogens with two attached hydrogens (primary N) is 1. The lowest BCUT2D eigenvalue weighted by molar-refractivity contribution is -0.125. The smallest absolute Gasteiger partial charge is 0.224 e. The molecule has 7 heteroatoms. The van der Waals surface area contributed by atoms with Crippen LogP contribution in [0.3, 0.4) is 0 Å². The number of piperidine rings is 1. The zero-order chi connectivity index (χ0) is 13.1. The van der Waals surface area contributed by atoms with E-state index in [9.17, 15) is 13.2 Å². The summed E-state index contributed by atoms with van der Waals surface area (Å²) in [6, 6.07) is 0.0644. The van der Waals surface area contributed by atoms with Crippen LogP contribution in [0.4, 0.5) is 0 Å². The van der Waals surface area contributed by atoms with Crippen molar-refractivity contribution in [3.8, 4) is 0 Å². The molecule has 0 aliphatic carbocycles. The molecule has 0 spiro atoms. The Morgan fingerprint density at radius 3 is 2.41 bits per heavy atom. The number of hydrogen-bond acceptors (Lipinski definition) is 4. The van der Waals surface area contributed by atoms with Gasteiger partial charge < -0.3 is 11.1 Å². The molecule has 0 bridgehead atoms. The molecule has 0 aromatic rings. The van der Waals surface area contributed by atoms with Crippen LogP contribution in [-0.2, 0) is 14.8 Å². The van der Waals surface area contributed by atoms with Gasteiger partial charge in [-0.15, -0.1) is 0 Å². The highest BCUT2D eigenvalue weighted by molar-refractivity contribution is 7.88. The van der Waals surface area contributed by atoms with E-state index in [1.807, 2.05) is 0 Å². The van der Waals surface area contributed by atoms with Crippen LogP contribution in [-0.4, -0.2) is 50.6 Å². The molecule has 1 saturated heterocycles. The third-order valence-corrected chi connectivity index (χ3v) is 4.37. The third kappa shape index (κ3) is 4.25. The lowest BCUT2D eigenvalue weighted by Crippen LogP contribution is -2.48. The van der Waals surface area contributed by atoms with Gasteiger partial charge in [-0.25, -0.2) is 12.7 Å². The Hall–Kier alpha value is -0.660. The van der Waals surface area contributed by atoms with Crippen molar-refractivity contribution in [2.75, 3.05) is 25.9 Å². The van der Waals surface area contributed by atoms with Crippen molar-refractivity contribution in [2.45, 2.75) is 25.8 Å². The summed E-state index contributed by atoms with van der Waals surface area (Å²) in [4.78, 5) is 11.6. The number of amides is 1. The molecule has 1 heterocycles. The SMILES string of the molecule is CC(CN)C(=O)NC1CCN(S(C)(=O)=O)CC1. The van der Waals surface area contributed by atoms with Crippen molar-refractivity contribution in [1.82, 2.24) is 9.62 Å². The van der Waals surface area contributed by atoms with Crippen molar-refractivity contribution >= 4 is 15.9 Å². The Morgan fingerprint density at radius 2 is 2.00 bits per heavy atom. The fourth-order valence-electron chi connectivity index (χ4n) is 1.78. The Kier molecular flexibility index (Phi) is 4.91. The monoisotopic (exact) mass is 263 g/mol. The van der Waals surface area contributed by atoms with Gasteiger partial charge >= 0.3 is 0 Å². The Morgan fingerprint density at radius 1 is 1.47 bits per heavy atom. The summed E-state index contributed by atoms with van der Waals surface area (Å²) in [5.74, 6) is -0.242. The summed E-state index contributed by atoms with van der Waals surface area (Å²) in [5.41, 5.74) is 5.41. The average Bonchev–Trinajstić information content (AvgIpc) is 2.27. The molecule has 1 aliphatic rings. The molecule has 1 amide bonds. The predicted octanol–water partition coefficient (Wildman–Crippen LogP) is -0.879. The van der Waals surface area contributed by atoms with E-state index >= 15 is 0 Å². The summed E-state index contributed by atoms with van der Waals surface area (Å²) in [7, 11) is -3.10. The second-order valence-corrected chi connectivity index (χ2v) is 6.56. The van der Waals surface area contributed by atoms with Crippen LogP contribution in [0.1, 0.15) is 19.8 Å². The molecule has 0 saturated carbocycles. The Labute approximate surface area is 103 Å². The number of sulfonamides is 1. The largest absolute Gasteiger partial charge is 0.353 e. The maximum atomic E-state index is 11.6. The lowest BCUT2D eigenvalue weighted by Gasteiger charge is -2.31. The first-order chi connectivity index (χ1) is 7.84. The van der Waals surface area contributed by atoms with E-state index in [0.29, 0.717) is 32.5 Å². The fraction of sp³-hybridized carbons (Fsp3) is 0.900. The summed E-state index contributed by atoms with van der Waals surface area (Å²) < 4.78 is 24.0. The molecule has 6 nitrogen and oxygen atoms in total. The molecule has 3 N–H and O–H groups in total. The van der Waals surface area contributed by atoms with Gasteiger partial charge in [0.1, 0.15) is 0 Å². The molecule has 100 valence electrons. The topological polar surface area (TPSA) is 92.5 Å². The maximum absolute atomic E-state index is 11.6. The molecule has 1 rings (SSSR count). The molecule has 1 unspecified atom stereocenters. The molecule has 17 heavy (non-hydrogen) atoms. The van der Waals surface area contributed by atoms with Gasteiger partial charge in [0.15, 0.2) is 0 Å². The second-order valence-electron chi connectivity index (χ2n) is 4.58. The number of carbonyl (C=O) groups excluding carboxylic acids is 1. The van der Waals surface area contributed by atoms with Crippen molar-refractivity contribution in [1.29, 1.82) is 0 Å². The number of carbonyl (C=O) groups is 1. The lowest BCUT2D eigenvalue weighted by atomic mass is 10.1. The van der Waals surface area contributed by atoms with Gasteiger partial charge in [0.25, 0.3) is 0 Å². The minimum atomic E-state index is -3.10. The molecule has 0 radical (unpaired) electrons. The first kappa shape index (κ1) is 14.4. The molecular weight excluding hydrogens is 242 g/mol. The van der Waals surface area contributed by atoms with Gasteiger partial charge in [-0.3, -0.25) is 4.79 Å². The van der Waals surface area contributed by atoms with Gasteiger partial charge in [0, 0.05) is 31.6 Å². The van der Waals surface area contributed by atoms with E-state index in [0.717, 1.165) is 0 Å². The van der Waals surface area contributed by atoms with E-state index in [2.05, 4.69) is 5.32 Å². The first-order valence-electron chi connectivity index (χ1n) is 5.80. The van der Waals surface area contributed by atoms with Crippen LogP contribution >= 0.6 is 0 Å².